The molecule has 0 spiro atoms. The summed E-state index contributed by atoms with van der Waals surface area (Å²) in [6, 6.07) is -2.62. The number of alkyl halides is 36. The summed E-state index contributed by atoms with van der Waals surface area (Å²) in [4.78, 5) is 0. The minimum atomic E-state index is -7.12. The molecule has 42 heteroatoms. The van der Waals surface area contributed by atoms with E-state index in [-0.39, 0.29) is 30.5 Å². The first-order valence-corrected chi connectivity index (χ1v) is 29.9. The zero-order chi connectivity index (χ0) is 75.9. The molecular formula is C55H50F36O5Si. The smallest absolute Gasteiger partial charge is 0.373 e. The Morgan fingerprint density at radius 3 is 0.825 bits per heavy atom. The molecule has 0 amide bonds. The van der Waals surface area contributed by atoms with Crippen molar-refractivity contribution in [1.82, 2.24) is 0 Å². The van der Waals surface area contributed by atoms with Crippen LogP contribution in [0.3, 0.4) is 0 Å². The van der Waals surface area contributed by atoms with Crippen LogP contribution in [-0.4, -0.2) is 113 Å². The van der Waals surface area contributed by atoms with Gasteiger partial charge in [0.25, 0.3) is 28.0 Å². The van der Waals surface area contributed by atoms with Gasteiger partial charge in [0.15, 0.2) is 5.41 Å². The van der Waals surface area contributed by atoms with Crippen LogP contribution in [0.5, 0.6) is 0 Å². The molecule has 3 aromatic rings. The van der Waals surface area contributed by atoms with Gasteiger partial charge in [-0.05, 0) is 73.4 Å². The standard InChI is InChI=1S/C55H50F36O5Si/c1-38(44(56,57)58,45(59,60)61)18-6-10-30-14-16-31(17-15-30)11-7-21-97(20-5-3-2-4-19-39(92,46(62,63)64)47(65,66)67,22-8-12-32-24-34(40(93,48(68,69)70)49(71,72)73)28-35(25-32)41(94,50(74,75)76)51(77,78)79)23-9-13-33-26-36(42(95,52(80,81)82)53(83,84)85)29-37(27-33)43(96,54(86,87)88)55(89,90)91/h2,4,6,10,14-17,24-29,92-96H,3,5,7-9,11-13,18-23H2,1H3/b4-2+,10-6+. The molecule has 0 fully saturated rings. The van der Waals surface area contributed by atoms with Crippen molar-refractivity contribution in [2.24, 2.45) is 5.41 Å². The number of allylic oxidation sites excluding steroid dienone is 2. The number of aryl methyl sites for hydroxylation is 3. The molecule has 5 nitrogen and oxygen atoms in total. The zero-order valence-corrected chi connectivity index (χ0v) is 49.3. The van der Waals surface area contributed by atoms with Gasteiger partial charge in [0.2, 0.25) is 0 Å². The molecule has 0 saturated heterocycles. The first-order chi connectivity index (χ1) is 42.9. The maximum atomic E-state index is 14.2. The van der Waals surface area contributed by atoms with Gasteiger partial charge < -0.3 is 25.5 Å². The van der Waals surface area contributed by atoms with Gasteiger partial charge in [-0.3, -0.25) is 0 Å². The average Bonchev–Trinajstić information content (AvgIpc) is 0.727. The first-order valence-electron chi connectivity index (χ1n) is 27.1. The van der Waals surface area contributed by atoms with Crippen LogP contribution >= 0.6 is 0 Å². The largest absolute Gasteiger partial charge is 0.430 e. The molecule has 556 valence electrons. The SMILES string of the molecule is CC(C/C=C/c1ccc(CCC[Si](CCC/C=C/CC(O)(C(F)(F)F)C(F)(F)F)(CCCc2cc(C(O)(C(F)(F)F)C(F)(F)F)cc(C(O)(C(F)(F)F)C(F)(F)F)c2)CCCc2cc(C(O)(C(F)(F)F)C(F)(F)F)cc(C(O)(C(F)(F)F)C(F)(F)F)c2)cc1)(C(F)(F)F)C(F)(F)F. The van der Waals surface area contributed by atoms with Crippen molar-refractivity contribution in [3.63, 3.8) is 0 Å². The Labute approximate surface area is 523 Å². The monoisotopic (exact) mass is 1500 g/mol. The average molecular weight is 1500 g/mol. The van der Waals surface area contributed by atoms with Crippen LogP contribution in [0.15, 0.2) is 78.9 Å². The van der Waals surface area contributed by atoms with Crippen molar-refractivity contribution in [2.45, 2.75) is 197 Å². The minimum Gasteiger partial charge on any atom is -0.373 e. The van der Waals surface area contributed by atoms with E-state index in [1.54, 1.807) is 0 Å². The highest BCUT2D eigenvalue weighted by Gasteiger charge is 2.77. The van der Waals surface area contributed by atoms with Crippen LogP contribution in [0.2, 0.25) is 24.2 Å². The Hall–Kier alpha value is -5.36. The van der Waals surface area contributed by atoms with Crippen LogP contribution in [0.1, 0.15) is 96.4 Å². The second kappa shape index (κ2) is 28.2. The molecule has 0 saturated carbocycles. The van der Waals surface area contributed by atoms with Gasteiger partial charge in [0.1, 0.15) is 0 Å². The number of unbranched alkanes of at least 4 members (excludes halogenated alkanes) is 1. The molecule has 3 aromatic carbocycles. The summed E-state index contributed by atoms with van der Waals surface area (Å²) in [7, 11) is -4.21. The van der Waals surface area contributed by atoms with E-state index in [0.29, 0.717) is 12.2 Å². The number of halogens is 36. The summed E-state index contributed by atoms with van der Waals surface area (Å²) in [5.74, 6) is 0. The number of benzene rings is 3. The third-order valence-corrected chi connectivity index (χ3v) is 21.8. The number of aliphatic hydroxyl groups is 5. The van der Waals surface area contributed by atoms with E-state index in [4.69, 9.17) is 0 Å². The number of rotatable bonds is 25. The molecular weight excluding hydrogens is 1450 g/mol. The maximum absolute atomic E-state index is 14.2. The molecule has 0 aliphatic heterocycles. The highest BCUT2D eigenvalue weighted by Crippen LogP contribution is 2.58. The summed E-state index contributed by atoms with van der Waals surface area (Å²) >= 11 is 0. The van der Waals surface area contributed by atoms with E-state index in [1.807, 2.05) is 0 Å². The van der Waals surface area contributed by atoms with Crippen molar-refractivity contribution in [1.29, 1.82) is 0 Å². The van der Waals surface area contributed by atoms with Gasteiger partial charge in [-0.25, -0.2) is 0 Å². The Kier molecular flexibility index (Phi) is 25.0. The van der Waals surface area contributed by atoms with E-state index in [2.05, 4.69) is 0 Å². The molecule has 0 atom stereocenters. The van der Waals surface area contributed by atoms with E-state index in [9.17, 15) is 184 Å². The molecule has 97 heavy (non-hydrogen) atoms. The summed E-state index contributed by atoms with van der Waals surface area (Å²) in [6.45, 7) is -0.170. The molecule has 0 unspecified atom stereocenters. The Bertz CT molecular complexity index is 2820. The lowest BCUT2D eigenvalue weighted by atomic mass is 9.83. The number of hydrogen-bond acceptors (Lipinski definition) is 5. The molecule has 5 N–H and O–H groups in total. The van der Waals surface area contributed by atoms with Gasteiger partial charge in [-0.1, -0.05) is 123 Å². The van der Waals surface area contributed by atoms with Crippen molar-refractivity contribution >= 4 is 14.1 Å². The summed E-state index contributed by atoms with van der Waals surface area (Å²) in [6.07, 6.45) is -90.7. The summed E-state index contributed by atoms with van der Waals surface area (Å²) < 4.78 is 503. The normalized spacial score (nSPS) is 15.4. The molecule has 0 aliphatic rings. The molecule has 3 rings (SSSR count). The Balaban J connectivity index is 2.46. The van der Waals surface area contributed by atoms with Crippen LogP contribution in [-0.2, 0) is 41.7 Å². The van der Waals surface area contributed by atoms with E-state index in [1.165, 1.54) is 0 Å². The summed E-state index contributed by atoms with van der Waals surface area (Å²) in [5, 5.41) is 50.2. The van der Waals surface area contributed by atoms with Crippen LogP contribution < -0.4 is 0 Å². The third-order valence-electron chi connectivity index (χ3n) is 16.1. The highest BCUT2D eigenvalue weighted by molar-refractivity contribution is 6.79. The Morgan fingerprint density at radius 1 is 0.299 bits per heavy atom. The fraction of sp³-hybridized carbons (Fsp3) is 0.600. The van der Waals surface area contributed by atoms with E-state index < -0.39 is 267 Å². The van der Waals surface area contributed by atoms with Gasteiger partial charge >= 0.3 is 74.1 Å². The highest BCUT2D eigenvalue weighted by atomic mass is 28.3. The maximum Gasteiger partial charge on any atom is 0.430 e. The van der Waals surface area contributed by atoms with E-state index >= 15 is 0 Å². The topological polar surface area (TPSA) is 101 Å². The molecule has 0 aliphatic carbocycles. The fourth-order valence-corrected chi connectivity index (χ4v) is 15.4. The van der Waals surface area contributed by atoms with Crippen LogP contribution in [0, 0.1) is 5.41 Å². The minimum absolute atomic E-state index is 0.0851. The fourth-order valence-electron chi connectivity index (χ4n) is 10.2. The van der Waals surface area contributed by atoms with Gasteiger partial charge in [-0.2, -0.15) is 158 Å². The predicted molar refractivity (Wildman–Crippen MR) is 267 cm³/mol. The number of hydrogen-bond donors (Lipinski definition) is 5. The molecule has 0 radical (unpaired) electrons. The third kappa shape index (κ3) is 17.9. The Morgan fingerprint density at radius 2 is 0.567 bits per heavy atom. The van der Waals surface area contributed by atoms with Crippen molar-refractivity contribution in [3.8, 4) is 0 Å². The van der Waals surface area contributed by atoms with Crippen molar-refractivity contribution in [2.75, 3.05) is 0 Å². The molecule has 0 heterocycles. The lowest BCUT2D eigenvalue weighted by Crippen LogP contribution is -2.56. The van der Waals surface area contributed by atoms with Gasteiger partial charge in [0.05, 0.1) is 8.07 Å². The van der Waals surface area contributed by atoms with Gasteiger partial charge in [-0.15, -0.1) is 0 Å². The quantitative estimate of drug-likeness (QED) is 0.0252. The zero-order valence-electron chi connectivity index (χ0n) is 48.3. The van der Waals surface area contributed by atoms with Crippen LogP contribution in [0.4, 0.5) is 158 Å². The molecule has 0 bridgehead atoms. The first kappa shape index (κ1) is 85.9. The second-order valence-corrected chi connectivity index (χ2v) is 27.8. The van der Waals surface area contributed by atoms with E-state index in [0.717, 1.165) is 30.3 Å². The van der Waals surface area contributed by atoms with Crippen molar-refractivity contribution < 1.29 is 184 Å². The van der Waals surface area contributed by atoms with Gasteiger partial charge in [0, 0.05) is 28.7 Å². The van der Waals surface area contributed by atoms with Crippen LogP contribution in [0.25, 0.3) is 6.08 Å². The van der Waals surface area contributed by atoms with Crippen molar-refractivity contribution in [3.05, 3.63) is 123 Å². The summed E-state index contributed by atoms with van der Waals surface area (Å²) in [5.41, 5.74) is -50.0. The molecule has 0 aromatic heterocycles. The predicted octanol–water partition coefficient (Wildman–Crippen LogP) is 19.7. The lowest BCUT2D eigenvalue weighted by Gasteiger charge is -2.36. The lowest BCUT2D eigenvalue weighted by molar-refractivity contribution is -0.379. The second-order valence-electron chi connectivity index (χ2n) is 22.8.